The van der Waals surface area contributed by atoms with Crippen LogP contribution in [0, 0.1) is 23.7 Å². The number of carbonyl (C=O) groups is 2. The summed E-state index contributed by atoms with van der Waals surface area (Å²) in [5.74, 6) is -0.227. The third-order valence-electron chi connectivity index (χ3n) is 6.87. The summed E-state index contributed by atoms with van der Waals surface area (Å²) in [6, 6.07) is 0.00964. The highest BCUT2D eigenvalue weighted by molar-refractivity contribution is 5.80. The minimum atomic E-state index is -0.428. The van der Waals surface area contributed by atoms with Gasteiger partial charge in [0.25, 0.3) is 0 Å². The number of ether oxygens (including phenoxy) is 3. The van der Waals surface area contributed by atoms with Gasteiger partial charge in [0.05, 0.1) is 18.1 Å². The van der Waals surface area contributed by atoms with Gasteiger partial charge in [-0.05, 0) is 57.8 Å². The summed E-state index contributed by atoms with van der Waals surface area (Å²) in [5.41, 5.74) is 6.05. The molecule has 168 valence electrons. The van der Waals surface area contributed by atoms with Gasteiger partial charge in [-0.1, -0.05) is 27.7 Å². The summed E-state index contributed by atoms with van der Waals surface area (Å²) in [6.45, 7) is 12.0. The van der Waals surface area contributed by atoms with Crippen LogP contribution in [0.25, 0.3) is 0 Å². The molecule has 29 heavy (non-hydrogen) atoms. The van der Waals surface area contributed by atoms with E-state index in [0.29, 0.717) is 19.3 Å². The quantitative estimate of drug-likeness (QED) is 0.710. The van der Waals surface area contributed by atoms with Gasteiger partial charge in [0.2, 0.25) is 0 Å². The van der Waals surface area contributed by atoms with E-state index in [-0.39, 0.29) is 60.2 Å². The highest BCUT2D eigenvalue weighted by Gasteiger charge is 2.38. The Labute approximate surface area is 176 Å². The number of rotatable bonds is 3. The molecule has 6 nitrogen and oxygen atoms in total. The second-order valence-corrected chi connectivity index (χ2v) is 9.38. The van der Waals surface area contributed by atoms with E-state index in [2.05, 4.69) is 13.8 Å². The fourth-order valence-corrected chi connectivity index (χ4v) is 4.61. The lowest BCUT2D eigenvalue weighted by Gasteiger charge is -2.38. The lowest BCUT2D eigenvalue weighted by atomic mass is 9.83. The van der Waals surface area contributed by atoms with Gasteiger partial charge in [0.1, 0.15) is 11.9 Å². The standard InChI is InChI=1S/C23H41NO5/c1-7-20-13(2)8-10-19(25)14(3)12-15(4)22(16(5)23(26)28-20)29-21-11-9-18(24)17(6)27-21/h13-18,20-22H,7-12,24H2,1-6H3/t13-,14-,15+,16-,17-,18+,20?,21-,22?/m1/s1. The summed E-state index contributed by atoms with van der Waals surface area (Å²) in [5, 5.41) is 0. The van der Waals surface area contributed by atoms with Crippen LogP contribution in [0.3, 0.4) is 0 Å². The van der Waals surface area contributed by atoms with Crippen molar-refractivity contribution in [2.24, 2.45) is 29.4 Å². The predicted molar refractivity (Wildman–Crippen MR) is 112 cm³/mol. The number of esters is 1. The molecule has 0 radical (unpaired) electrons. The van der Waals surface area contributed by atoms with Crippen molar-refractivity contribution in [3.63, 3.8) is 0 Å². The Morgan fingerprint density at radius 1 is 1.03 bits per heavy atom. The Hall–Kier alpha value is -0.980. The minimum absolute atomic E-state index is 0.00964. The van der Waals surface area contributed by atoms with Crippen molar-refractivity contribution in [1.29, 1.82) is 0 Å². The second-order valence-electron chi connectivity index (χ2n) is 9.38. The van der Waals surface area contributed by atoms with Crippen molar-refractivity contribution in [3.8, 4) is 0 Å². The molecule has 0 aliphatic carbocycles. The van der Waals surface area contributed by atoms with E-state index in [1.165, 1.54) is 0 Å². The number of Topliss-reactive ketones (excluding diaryl/α,β-unsaturated/α-hetero) is 1. The Morgan fingerprint density at radius 2 is 1.72 bits per heavy atom. The first-order chi connectivity index (χ1) is 13.6. The van der Waals surface area contributed by atoms with Gasteiger partial charge in [-0.3, -0.25) is 9.59 Å². The maximum absolute atomic E-state index is 13.0. The van der Waals surface area contributed by atoms with E-state index in [9.17, 15) is 9.59 Å². The molecule has 0 bridgehead atoms. The van der Waals surface area contributed by atoms with Crippen LogP contribution in [-0.4, -0.2) is 42.4 Å². The van der Waals surface area contributed by atoms with Crippen molar-refractivity contribution < 1.29 is 23.8 Å². The van der Waals surface area contributed by atoms with Crippen molar-refractivity contribution in [2.75, 3.05) is 0 Å². The smallest absolute Gasteiger partial charge is 0.311 e. The van der Waals surface area contributed by atoms with Crippen LogP contribution >= 0.6 is 0 Å². The highest BCUT2D eigenvalue weighted by atomic mass is 16.7. The SMILES string of the molecule is CCC1OC(=O)[C@H](C)C(O[C@@H]2CC[C@H](N)[C@@H](C)O2)[C@@H](C)C[C@@H](C)C(=O)CC[C@H]1C. The molecule has 2 fully saturated rings. The molecule has 2 heterocycles. The number of ketones is 1. The molecule has 0 aromatic heterocycles. The molecule has 0 spiro atoms. The highest BCUT2D eigenvalue weighted by Crippen LogP contribution is 2.31. The molecule has 2 saturated heterocycles. The van der Waals surface area contributed by atoms with Crippen molar-refractivity contribution >= 4 is 11.8 Å². The van der Waals surface area contributed by atoms with Gasteiger partial charge in [-0.15, -0.1) is 0 Å². The average Bonchev–Trinajstić information content (AvgIpc) is 2.68. The average molecular weight is 412 g/mol. The van der Waals surface area contributed by atoms with Gasteiger partial charge in [-0.25, -0.2) is 0 Å². The van der Waals surface area contributed by atoms with Crippen molar-refractivity contribution in [3.05, 3.63) is 0 Å². The fraction of sp³-hybridized carbons (Fsp3) is 0.913. The molecule has 2 aliphatic rings. The van der Waals surface area contributed by atoms with E-state index in [1.54, 1.807) is 0 Å². The first-order valence-electron chi connectivity index (χ1n) is 11.4. The molecule has 9 atom stereocenters. The molecule has 6 heteroatoms. The summed E-state index contributed by atoms with van der Waals surface area (Å²) >= 11 is 0. The Bertz CT molecular complexity index is 553. The normalized spacial score (nSPS) is 43.2. The lowest BCUT2D eigenvalue weighted by molar-refractivity contribution is -0.234. The number of carbonyl (C=O) groups excluding carboxylic acids is 2. The predicted octanol–water partition coefficient (Wildman–Crippen LogP) is 3.84. The van der Waals surface area contributed by atoms with Gasteiger partial charge < -0.3 is 19.9 Å². The number of cyclic esters (lactones) is 1. The van der Waals surface area contributed by atoms with Gasteiger partial charge in [-0.2, -0.15) is 0 Å². The Balaban J connectivity index is 2.21. The first kappa shape index (κ1) is 24.3. The monoisotopic (exact) mass is 411 g/mol. The van der Waals surface area contributed by atoms with Crippen LogP contribution in [0.5, 0.6) is 0 Å². The van der Waals surface area contributed by atoms with Crippen LogP contribution in [0.4, 0.5) is 0 Å². The Kier molecular flexibility index (Phi) is 9.11. The topological polar surface area (TPSA) is 87.8 Å². The minimum Gasteiger partial charge on any atom is -0.462 e. The maximum Gasteiger partial charge on any atom is 0.311 e. The zero-order chi connectivity index (χ0) is 21.7. The third kappa shape index (κ3) is 6.50. The number of nitrogens with two attached hydrogens (primary N) is 1. The number of hydrogen-bond acceptors (Lipinski definition) is 6. The largest absolute Gasteiger partial charge is 0.462 e. The number of hydrogen-bond donors (Lipinski definition) is 1. The van der Waals surface area contributed by atoms with E-state index in [0.717, 1.165) is 19.3 Å². The lowest BCUT2D eigenvalue weighted by Crippen LogP contribution is -2.47. The molecule has 0 amide bonds. The van der Waals surface area contributed by atoms with E-state index < -0.39 is 5.92 Å². The second kappa shape index (κ2) is 10.9. The van der Waals surface area contributed by atoms with E-state index >= 15 is 0 Å². The van der Waals surface area contributed by atoms with Crippen LogP contribution in [0.1, 0.15) is 80.1 Å². The molecular weight excluding hydrogens is 370 g/mol. The molecule has 0 aromatic rings. The van der Waals surface area contributed by atoms with E-state index in [4.69, 9.17) is 19.9 Å². The molecule has 2 aliphatic heterocycles. The molecule has 2 unspecified atom stereocenters. The fourth-order valence-electron chi connectivity index (χ4n) is 4.61. The summed E-state index contributed by atoms with van der Waals surface area (Å²) < 4.78 is 18.2. The van der Waals surface area contributed by atoms with Gasteiger partial charge >= 0.3 is 5.97 Å². The zero-order valence-electron chi connectivity index (χ0n) is 19.1. The van der Waals surface area contributed by atoms with Gasteiger partial charge in [0, 0.05) is 18.4 Å². The third-order valence-corrected chi connectivity index (χ3v) is 6.87. The van der Waals surface area contributed by atoms with Crippen LogP contribution in [0.2, 0.25) is 0 Å². The summed E-state index contributed by atoms with van der Waals surface area (Å²) in [4.78, 5) is 25.6. The Morgan fingerprint density at radius 3 is 2.34 bits per heavy atom. The molecule has 2 N–H and O–H groups in total. The molecule has 0 aromatic carbocycles. The van der Waals surface area contributed by atoms with Crippen molar-refractivity contribution in [2.45, 2.75) is 111 Å². The maximum atomic E-state index is 13.0. The molecule has 2 rings (SSSR count). The first-order valence-corrected chi connectivity index (χ1v) is 11.4. The van der Waals surface area contributed by atoms with Crippen LogP contribution < -0.4 is 5.73 Å². The van der Waals surface area contributed by atoms with E-state index in [1.807, 2.05) is 27.7 Å². The van der Waals surface area contributed by atoms with Crippen LogP contribution in [-0.2, 0) is 23.8 Å². The van der Waals surface area contributed by atoms with Crippen LogP contribution in [0.15, 0.2) is 0 Å². The molecule has 0 saturated carbocycles. The zero-order valence-corrected chi connectivity index (χ0v) is 19.1. The molecular formula is C23H41NO5. The summed E-state index contributed by atoms with van der Waals surface area (Å²) in [7, 11) is 0. The summed E-state index contributed by atoms with van der Waals surface area (Å²) in [6.07, 6.45) is 3.26. The van der Waals surface area contributed by atoms with Gasteiger partial charge in [0.15, 0.2) is 6.29 Å². The van der Waals surface area contributed by atoms with Crippen molar-refractivity contribution in [1.82, 2.24) is 0 Å².